The van der Waals surface area contributed by atoms with Gasteiger partial charge in [0.15, 0.2) is 4.80 Å². The van der Waals surface area contributed by atoms with E-state index in [9.17, 15) is 14.7 Å². The van der Waals surface area contributed by atoms with Crippen LogP contribution in [0.25, 0.3) is 6.08 Å². The second kappa shape index (κ2) is 10.7. The fourth-order valence-electron chi connectivity index (χ4n) is 3.99. The largest absolute Gasteiger partial charge is 0.506 e. The first-order valence-corrected chi connectivity index (χ1v) is 13.7. The van der Waals surface area contributed by atoms with Gasteiger partial charge in [-0.25, -0.2) is 9.79 Å². The summed E-state index contributed by atoms with van der Waals surface area (Å²) in [5.41, 5.74) is 1.53. The number of rotatable bonds is 6. The topological polar surface area (TPSA) is 90.1 Å². The van der Waals surface area contributed by atoms with Crippen LogP contribution in [0.2, 0.25) is 0 Å². The molecule has 0 aliphatic carbocycles. The monoisotopic (exact) mass is 634 g/mol. The number of para-hydroxylation sites is 1. The minimum atomic E-state index is -0.791. The van der Waals surface area contributed by atoms with Crippen LogP contribution in [-0.2, 0) is 9.53 Å². The normalized spacial score (nSPS) is 15.6. The minimum absolute atomic E-state index is 0.0136. The van der Waals surface area contributed by atoms with Crippen LogP contribution in [0.15, 0.2) is 66.4 Å². The van der Waals surface area contributed by atoms with Gasteiger partial charge in [-0.3, -0.25) is 9.36 Å². The third-order valence-corrected chi connectivity index (χ3v) is 7.48. The molecule has 3 aromatic rings. The molecule has 0 bridgehead atoms. The number of nitrogens with zero attached hydrogens (tertiary/aromatic N) is 2. The Balaban J connectivity index is 2.01. The maximum atomic E-state index is 13.8. The Hall–Kier alpha value is -2.69. The quantitative estimate of drug-likeness (QED) is 0.393. The van der Waals surface area contributed by atoms with E-state index in [-0.39, 0.29) is 29.6 Å². The molecule has 36 heavy (non-hydrogen) atoms. The lowest BCUT2D eigenvalue weighted by atomic mass is 9.95. The molecule has 1 atom stereocenters. The van der Waals surface area contributed by atoms with Gasteiger partial charge in [-0.1, -0.05) is 45.5 Å². The fraction of sp³-hybridized carbons (Fsp3) is 0.269. The molecule has 7 nitrogen and oxygen atoms in total. The van der Waals surface area contributed by atoms with Crippen molar-refractivity contribution in [1.29, 1.82) is 0 Å². The molecule has 0 amide bonds. The van der Waals surface area contributed by atoms with Gasteiger partial charge in [0.1, 0.15) is 17.5 Å². The highest BCUT2D eigenvalue weighted by Crippen LogP contribution is 2.36. The summed E-state index contributed by atoms with van der Waals surface area (Å²) in [7, 11) is 0. The SMILES string of the molecule is CCOC(=O)C1=C(C)N=c2s/c(=C/c3cc(Br)cc(Br)c3O)c(=O)n2[C@@H]1c1ccccc1OC(C)C. The predicted octanol–water partition coefficient (Wildman–Crippen LogP) is 4.82. The van der Waals surface area contributed by atoms with Gasteiger partial charge in [0.25, 0.3) is 5.56 Å². The molecule has 2 heterocycles. The van der Waals surface area contributed by atoms with Crippen LogP contribution in [0.3, 0.4) is 0 Å². The van der Waals surface area contributed by atoms with Crippen molar-refractivity contribution in [3.63, 3.8) is 0 Å². The fourth-order valence-corrected chi connectivity index (χ4v) is 6.29. The molecule has 10 heteroatoms. The van der Waals surface area contributed by atoms with Crippen LogP contribution in [-0.4, -0.2) is 28.4 Å². The molecule has 0 fully saturated rings. The molecule has 188 valence electrons. The summed E-state index contributed by atoms with van der Waals surface area (Å²) >= 11 is 7.93. The number of phenols is 1. The lowest BCUT2D eigenvalue weighted by Gasteiger charge is -2.26. The number of aromatic nitrogens is 1. The Bertz CT molecular complexity index is 1560. The van der Waals surface area contributed by atoms with Crippen molar-refractivity contribution < 1.29 is 19.4 Å². The molecule has 0 radical (unpaired) electrons. The number of hydrogen-bond acceptors (Lipinski definition) is 7. The van der Waals surface area contributed by atoms with Crippen molar-refractivity contribution in [1.82, 2.24) is 4.57 Å². The van der Waals surface area contributed by atoms with Crippen LogP contribution in [0, 0.1) is 0 Å². The third kappa shape index (κ3) is 5.07. The number of halogens is 2. The Kier molecular flexibility index (Phi) is 7.87. The van der Waals surface area contributed by atoms with Crippen molar-refractivity contribution in [3.05, 3.63) is 87.4 Å². The van der Waals surface area contributed by atoms with Gasteiger partial charge < -0.3 is 14.6 Å². The second-order valence-electron chi connectivity index (χ2n) is 8.33. The molecular weight excluding hydrogens is 612 g/mol. The Morgan fingerprint density at radius 2 is 2.00 bits per heavy atom. The molecule has 0 spiro atoms. The number of aromatic hydroxyl groups is 1. The first kappa shape index (κ1) is 26.4. The van der Waals surface area contributed by atoms with E-state index in [4.69, 9.17) is 9.47 Å². The van der Waals surface area contributed by atoms with E-state index in [0.29, 0.717) is 36.4 Å². The van der Waals surface area contributed by atoms with Crippen LogP contribution in [0.4, 0.5) is 0 Å². The number of hydrogen-bond donors (Lipinski definition) is 1. The predicted molar refractivity (Wildman–Crippen MR) is 146 cm³/mol. The Labute approximate surface area is 228 Å². The van der Waals surface area contributed by atoms with Crippen LogP contribution in [0.5, 0.6) is 11.5 Å². The molecule has 0 unspecified atom stereocenters. The number of allylic oxidation sites excluding steroid dienone is 1. The van der Waals surface area contributed by atoms with E-state index >= 15 is 0 Å². The molecule has 0 saturated carbocycles. The molecule has 1 aliphatic rings. The molecule has 4 rings (SSSR count). The third-order valence-electron chi connectivity index (χ3n) is 5.44. The minimum Gasteiger partial charge on any atom is -0.506 e. The van der Waals surface area contributed by atoms with Gasteiger partial charge in [0.05, 0.1) is 33.0 Å². The number of benzene rings is 2. The zero-order valence-corrected chi connectivity index (χ0v) is 24.0. The number of thiazole rings is 1. The summed E-state index contributed by atoms with van der Waals surface area (Å²) < 4.78 is 14.5. The summed E-state index contributed by atoms with van der Waals surface area (Å²) in [6.45, 7) is 7.49. The van der Waals surface area contributed by atoms with Crippen LogP contribution >= 0.6 is 43.2 Å². The number of carbonyl (C=O) groups is 1. The first-order chi connectivity index (χ1) is 17.1. The van der Waals surface area contributed by atoms with Crippen molar-refractivity contribution in [2.75, 3.05) is 6.61 Å². The van der Waals surface area contributed by atoms with Crippen molar-refractivity contribution in [2.24, 2.45) is 4.99 Å². The summed E-state index contributed by atoms with van der Waals surface area (Å²) in [5.74, 6) is 0.0442. The van der Waals surface area contributed by atoms with E-state index in [2.05, 4.69) is 36.9 Å². The van der Waals surface area contributed by atoms with E-state index < -0.39 is 12.0 Å². The van der Waals surface area contributed by atoms with Crippen molar-refractivity contribution in [3.8, 4) is 11.5 Å². The average Bonchev–Trinajstić information content (AvgIpc) is 3.11. The van der Waals surface area contributed by atoms with E-state index in [1.807, 2.05) is 38.1 Å². The average molecular weight is 636 g/mol. The number of esters is 1. The summed E-state index contributed by atoms with van der Waals surface area (Å²) in [4.78, 5) is 32.0. The standard InChI is InChI=1S/C26H24Br2N2O5S/c1-5-34-25(33)21-14(4)29-26-30(22(21)17-8-6-7-9-19(17)35-13(2)3)24(32)20(36-26)11-15-10-16(27)12-18(28)23(15)31/h6-13,22,31H,5H2,1-4H3/b20-11+/t22-/m1/s1. The van der Waals surface area contributed by atoms with Crippen LogP contribution in [0.1, 0.15) is 44.9 Å². The molecule has 1 aromatic heterocycles. The summed E-state index contributed by atoms with van der Waals surface area (Å²) in [6.07, 6.45) is 1.50. The number of phenolic OH excluding ortho intramolecular Hbond substituents is 1. The van der Waals surface area contributed by atoms with E-state index in [0.717, 1.165) is 4.47 Å². The Morgan fingerprint density at radius 3 is 2.69 bits per heavy atom. The van der Waals surface area contributed by atoms with Gasteiger partial charge in [0.2, 0.25) is 0 Å². The number of fused-ring (bicyclic) bond motifs is 1. The van der Waals surface area contributed by atoms with E-state index in [1.54, 1.807) is 32.1 Å². The van der Waals surface area contributed by atoms with Crippen molar-refractivity contribution >= 4 is 55.2 Å². The van der Waals surface area contributed by atoms with Gasteiger partial charge in [0, 0.05) is 15.6 Å². The van der Waals surface area contributed by atoms with Gasteiger partial charge in [-0.2, -0.15) is 0 Å². The summed E-state index contributed by atoms with van der Waals surface area (Å²) in [6, 6.07) is 9.99. The van der Waals surface area contributed by atoms with Gasteiger partial charge >= 0.3 is 5.97 Å². The lowest BCUT2D eigenvalue weighted by Crippen LogP contribution is -2.40. The molecule has 2 aromatic carbocycles. The molecule has 0 saturated heterocycles. The smallest absolute Gasteiger partial charge is 0.338 e. The highest BCUT2D eigenvalue weighted by molar-refractivity contribution is 9.11. The first-order valence-electron chi connectivity index (χ1n) is 11.3. The maximum Gasteiger partial charge on any atom is 0.338 e. The summed E-state index contributed by atoms with van der Waals surface area (Å²) in [5, 5.41) is 10.5. The molecule has 1 aliphatic heterocycles. The van der Waals surface area contributed by atoms with E-state index in [1.165, 1.54) is 15.9 Å². The molecule has 1 N–H and O–H groups in total. The zero-order chi connectivity index (χ0) is 26.1. The maximum absolute atomic E-state index is 13.8. The Morgan fingerprint density at radius 1 is 1.28 bits per heavy atom. The van der Waals surface area contributed by atoms with Crippen molar-refractivity contribution in [2.45, 2.75) is 39.8 Å². The number of ether oxygens (including phenoxy) is 2. The highest BCUT2D eigenvalue weighted by atomic mass is 79.9. The second-order valence-corrected chi connectivity index (χ2v) is 11.1. The van der Waals surface area contributed by atoms with Gasteiger partial charge in [-0.05, 0) is 67.9 Å². The van der Waals surface area contributed by atoms with Gasteiger partial charge in [-0.15, -0.1) is 0 Å². The lowest BCUT2D eigenvalue weighted by molar-refractivity contribution is -0.139. The highest BCUT2D eigenvalue weighted by Gasteiger charge is 2.35. The number of carbonyl (C=O) groups excluding carboxylic acids is 1. The zero-order valence-electron chi connectivity index (χ0n) is 20.0. The molecular formula is C26H24Br2N2O5S. The van der Waals surface area contributed by atoms with Crippen LogP contribution < -0.4 is 19.6 Å².